The molecule has 2 rings (SSSR count). The summed E-state index contributed by atoms with van der Waals surface area (Å²) < 4.78 is 50.6. The lowest BCUT2D eigenvalue weighted by atomic mass is 10.2. The van der Waals surface area contributed by atoms with Gasteiger partial charge in [0.1, 0.15) is 9.84 Å². The normalized spacial score (nSPS) is 17.7. The van der Waals surface area contributed by atoms with Gasteiger partial charge in [-0.05, 0) is 50.8 Å². The number of hydrogen-bond acceptors (Lipinski definition) is 4. The van der Waals surface area contributed by atoms with E-state index >= 15 is 0 Å². The molecule has 1 aromatic rings. The molecule has 1 aliphatic rings. The molecule has 1 atom stereocenters. The summed E-state index contributed by atoms with van der Waals surface area (Å²) in [6, 6.07) is 4.67. The van der Waals surface area contributed by atoms with Crippen LogP contribution in [0.2, 0.25) is 0 Å². The van der Waals surface area contributed by atoms with E-state index in [0.717, 1.165) is 24.7 Å². The molecule has 0 aliphatic heterocycles. The van der Waals surface area contributed by atoms with E-state index in [4.69, 9.17) is 0 Å². The summed E-state index contributed by atoms with van der Waals surface area (Å²) in [7, 11) is -6.93. The molecule has 7 heteroatoms. The highest BCUT2D eigenvalue weighted by atomic mass is 32.2. The van der Waals surface area contributed by atoms with E-state index in [1.807, 2.05) is 13.0 Å². The predicted molar refractivity (Wildman–Crippen MR) is 87.1 cm³/mol. The summed E-state index contributed by atoms with van der Waals surface area (Å²) in [4.78, 5) is 0.278. The highest BCUT2D eigenvalue weighted by Crippen LogP contribution is 2.35. The first kappa shape index (κ1) is 17.4. The van der Waals surface area contributed by atoms with Crippen molar-refractivity contribution in [2.75, 3.05) is 12.0 Å². The van der Waals surface area contributed by atoms with Crippen LogP contribution in [-0.2, 0) is 19.9 Å². The Hall–Kier alpha value is -0.920. The van der Waals surface area contributed by atoms with Crippen molar-refractivity contribution in [3.63, 3.8) is 0 Å². The summed E-state index contributed by atoms with van der Waals surface area (Å²) in [5.74, 6) is -0.159. The quantitative estimate of drug-likeness (QED) is 0.789. The minimum absolute atomic E-state index is 0.0818. The van der Waals surface area contributed by atoms with Crippen LogP contribution >= 0.6 is 0 Å². The molecular formula is C15H23NO4S2. The number of benzene rings is 1. The Morgan fingerprint density at radius 1 is 1.18 bits per heavy atom. The zero-order valence-electron chi connectivity index (χ0n) is 13.4. The van der Waals surface area contributed by atoms with Gasteiger partial charge in [-0.3, -0.25) is 0 Å². The minimum Gasteiger partial charge on any atom is -0.229 e. The van der Waals surface area contributed by atoms with E-state index < -0.39 is 25.9 Å². The molecule has 0 bridgehead atoms. The first-order valence-corrected chi connectivity index (χ1v) is 10.8. The van der Waals surface area contributed by atoms with Gasteiger partial charge in [0.2, 0.25) is 10.0 Å². The van der Waals surface area contributed by atoms with Crippen molar-refractivity contribution in [2.24, 2.45) is 0 Å². The van der Waals surface area contributed by atoms with Gasteiger partial charge in [-0.15, -0.1) is 0 Å². The van der Waals surface area contributed by atoms with Gasteiger partial charge in [0.15, 0.2) is 0 Å². The molecule has 0 radical (unpaired) electrons. The lowest BCUT2D eigenvalue weighted by Gasteiger charge is -2.28. The summed E-state index contributed by atoms with van der Waals surface area (Å²) in [5.41, 5.74) is 1.55. The Morgan fingerprint density at radius 3 is 2.27 bits per heavy atom. The molecule has 124 valence electrons. The summed E-state index contributed by atoms with van der Waals surface area (Å²) >= 11 is 0. The Morgan fingerprint density at radius 2 is 1.77 bits per heavy atom. The van der Waals surface area contributed by atoms with E-state index in [9.17, 15) is 16.8 Å². The molecule has 0 spiro atoms. The maximum Gasteiger partial charge on any atom is 0.243 e. The molecule has 1 aromatic carbocycles. The second-order valence-corrected chi connectivity index (χ2v) is 10.3. The largest absolute Gasteiger partial charge is 0.243 e. The smallest absolute Gasteiger partial charge is 0.229 e. The summed E-state index contributed by atoms with van der Waals surface area (Å²) in [6.07, 6.45) is 2.72. The van der Waals surface area contributed by atoms with Crippen molar-refractivity contribution in [2.45, 2.75) is 50.6 Å². The summed E-state index contributed by atoms with van der Waals surface area (Å²) in [5, 5.41) is 0. The third kappa shape index (κ3) is 3.88. The van der Waals surface area contributed by atoms with E-state index in [-0.39, 0.29) is 16.7 Å². The molecule has 0 unspecified atom stereocenters. The monoisotopic (exact) mass is 345 g/mol. The molecule has 1 fully saturated rings. The van der Waals surface area contributed by atoms with Crippen LogP contribution in [0.5, 0.6) is 0 Å². The van der Waals surface area contributed by atoms with Gasteiger partial charge >= 0.3 is 0 Å². The van der Waals surface area contributed by atoms with Crippen molar-refractivity contribution in [3.05, 3.63) is 29.3 Å². The van der Waals surface area contributed by atoms with Crippen LogP contribution < -0.4 is 0 Å². The fraction of sp³-hybridized carbons (Fsp3) is 0.600. The van der Waals surface area contributed by atoms with Crippen molar-refractivity contribution in [1.29, 1.82) is 0 Å². The predicted octanol–water partition coefficient (Wildman–Crippen LogP) is 1.89. The van der Waals surface area contributed by atoms with Crippen LogP contribution in [0.4, 0.5) is 0 Å². The molecule has 0 aromatic heterocycles. The second-order valence-electron chi connectivity index (χ2n) is 6.28. The zero-order valence-corrected chi connectivity index (χ0v) is 15.0. The average molecular weight is 345 g/mol. The Bertz CT molecular complexity index is 765. The lowest BCUT2D eigenvalue weighted by molar-refractivity contribution is 0.347. The Labute approximate surface area is 133 Å². The second kappa shape index (κ2) is 5.94. The van der Waals surface area contributed by atoms with Crippen LogP contribution in [0.25, 0.3) is 0 Å². The maximum atomic E-state index is 13.0. The minimum atomic E-state index is -3.69. The molecule has 1 aliphatic carbocycles. The van der Waals surface area contributed by atoms with Gasteiger partial charge in [-0.25, -0.2) is 16.8 Å². The molecule has 0 saturated heterocycles. The van der Waals surface area contributed by atoms with Crippen molar-refractivity contribution >= 4 is 19.9 Å². The Balaban J connectivity index is 2.45. The standard InChI is InChI=1S/C15H23NO4S2/c1-11-5-6-12(2)15(9-11)22(19,20)16(14-7-8-14)13(3)10-21(4,17)18/h5-6,9,13-14H,7-8,10H2,1-4H3/t13-/m1/s1. The van der Waals surface area contributed by atoms with Crippen LogP contribution in [0.3, 0.4) is 0 Å². The van der Waals surface area contributed by atoms with Crippen molar-refractivity contribution in [3.8, 4) is 0 Å². The molecule has 1 saturated carbocycles. The van der Waals surface area contributed by atoms with E-state index in [1.165, 1.54) is 4.31 Å². The van der Waals surface area contributed by atoms with Crippen LogP contribution in [0, 0.1) is 13.8 Å². The molecular weight excluding hydrogens is 322 g/mol. The van der Waals surface area contributed by atoms with Crippen LogP contribution in [0.15, 0.2) is 23.1 Å². The van der Waals surface area contributed by atoms with Crippen molar-refractivity contribution in [1.82, 2.24) is 4.31 Å². The van der Waals surface area contributed by atoms with Gasteiger partial charge in [-0.2, -0.15) is 4.31 Å². The van der Waals surface area contributed by atoms with E-state index in [1.54, 1.807) is 26.0 Å². The highest BCUT2D eigenvalue weighted by molar-refractivity contribution is 7.91. The molecule has 0 amide bonds. The number of aryl methyl sites for hydroxylation is 2. The van der Waals surface area contributed by atoms with Gasteiger partial charge in [0.25, 0.3) is 0 Å². The fourth-order valence-corrected chi connectivity index (χ4v) is 6.05. The van der Waals surface area contributed by atoms with Gasteiger partial charge in [0.05, 0.1) is 10.6 Å². The topological polar surface area (TPSA) is 71.5 Å². The molecule has 0 N–H and O–H groups in total. The maximum absolute atomic E-state index is 13.0. The lowest BCUT2D eigenvalue weighted by Crippen LogP contribution is -2.43. The fourth-order valence-electron chi connectivity index (χ4n) is 2.73. The van der Waals surface area contributed by atoms with E-state index in [0.29, 0.717) is 5.56 Å². The highest BCUT2D eigenvalue weighted by Gasteiger charge is 2.42. The third-order valence-corrected chi connectivity index (χ3v) is 7.08. The summed E-state index contributed by atoms with van der Waals surface area (Å²) in [6.45, 7) is 5.28. The SMILES string of the molecule is Cc1ccc(C)c(S(=O)(=O)N(C2CC2)[C@H](C)CS(C)(=O)=O)c1. The van der Waals surface area contributed by atoms with E-state index in [2.05, 4.69) is 0 Å². The molecule has 0 heterocycles. The molecule has 22 heavy (non-hydrogen) atoms. The van der Waals surface area contributed by atoms with Gasteiger partial charge in [0, 0.05) is 18.3 Å². The van der Waals surface area contributed by atoms with Crippen LogP contribution in [-0.4, -0.2) is 45.2 Å². The van der Waals surface area contributed by atoms with Crippen molar-refractivity contribution < 1.29 is 16.8 Å². The first-order valence-electron chi connectivity index (χ1n) is 7.31. The number of nitrogens with zero attached hydrogens (tertiary/aromatic N) is 1. The van der Waals surface area contributed by atoms with Gasteiger partial charge < -0.3 is 0 Å². The first-order chi connectivity index (χ1) is 10.0. The molecule has 5 nitrogen and oxygen atoms in total. The Kier molecular flexibility index (Phi) is 4.71. The number of sulfonamides is 1. The van der Waals surface area contributed by atoms with Crippen LogP contribution in [0.1, 0.15) is 30.9 Å². The number of rotatable bonds is 6. The zero-order chi connectivity index (χ0) is 16.7. The third-order valence-electron chi connectivity index (χ3n) is 3.78. The average Bonchev–Trinajstić information content (AvgIpc) is 3.14. The van der Waals surface area contributed by atoms with Gasteiger partial charge in [-0.1, -0.05) is 12.1 Å². The number of sulfone groups is 1. The number of hydrogen-bond donors (Lipinski definition) is 0.